The van der Waals surface area contributed by atoms with Crippen LogP contribution in [0.1, 0.15) is 5.56 Å². The number of aromatic hydroxyl groups is 1. The molecule has 0 amide bonds. The van der Waals surface area contributed by atoms with Crippen molar-refractivity contribution in [1.82, 2.24) is 29.4 Å². The summed E-state index contributed by atoms with van der Waals surface area (Å²) in [5.74, 6) is 1.52. The average molecular weight is 487 g/mol. The van der Waals surface area contributed by atoms with Crippen molar-refractivity contribution in [2.24, 2.45) is 0 Å². The third kappa shape index (κ3) is 2.76. The number of aromatic nitrogens is 6. The van der Waals surface area contributed by atoms with Gasteiger partial charge in [-0.1, -0.05) is 6.07 Å². The van der Waals surface area contributed by atoms with Crippen LogP contribution in [0.5, 0.6) is 5.75 Å². The van der Waals surface area contributed by atoms with Crippen LogP contribution in [0.3, 0.4) is 0 Å². The SMILES string of the molecule is Nc1nc2c(cnn2CCc2ccc(O)c(I)c2)c2nc(-c3ccco3)nn12. The summed E-state index contributed by atoms with van der Waals surface area (Å²) in [6, 6.07) is 9.12. The zero-order valence-corrected chi connectivity index (χ0v) is 16.6. The van der Waals surface area contributed by atoms with Crippen LogP contribution in [0.2, 0.25) is 0 Å². The largest absolute Gasteiger partial charge is 0.507 e. The van der Waals surface area contributed by atoms with Crippen molar-refractivity contribution in [3.05, 3.63) is 51.9 Å². The van der Waals surface area contributed by atoms with Crippen molar-refractivity contribution in [1.29, 1.82) is 0 Å². The number of hydrogen-bond donors (Lipinski definition) is 2. The molecule has 1 aromatic carbocycles. The van der Waals surface area contributed by atoms with Crippen molar-refractivity contribution < 1.29 is 9.52 Å². The van der Waals surface area contributed by atoms with E-state index in [1.165, 1.54) is 4.52 Å². The van der Waals surface area contributed by atoms with Gasteiger partial charge in [-0.15, -0.1) is 5.10 Å². The van der Waals surface area contributed by atoms with Gasteiger partial charge >= 0.3 is 0 Å². The number of nitrogens with two attached hydrogens (primary N) is 1. The molecule has 0 spiro atoms. The fourth-order valence-electron chi connectivity index (χ4n) is 3.07. The molecular weight excluding hydrogens is 473 g/mol. The first-order valence-corrected chi connectivity index (χ1v) is 9.57. The molecule has 0 aliphatic rings. The van der Waals surface area contributed by atoms with E-state index in [1.807, 2.05) is 12.1 Å². The number of aryl methyl sites for hydroxylation is 2. The van der Waals surface area contributed by atoms with Crippen LogP contribution in [0.15, 0.2) is 47.2 Å². The molecule has 0 aliphatic carbocycles. The second-order valence-corrected chi connectivity index (χ2v) is 7.42. The van der Waals surface area contributed by atoms with Crippen LogP contribution in [0.25, 0.3) is 28.3 Å². The highest BCUT2D eigenvalue weighted by Gasteiger charge is 2.17. The molecule has 0 bridgehead atoms. The maximum absolute atomic E-state index is 9.67. The molecule has 0 fully saturated rings. The van der Waals surface area contributed by atoms with Gasteiger partial charge in [0, 0.05) is 6.54 Å². The zero-order chi connectivity index (χ0) is 19.3. The summed E-state index contributed by atoms with van der Waals surface area (Å²) in [4.78, 5) is 9.02. The van der Waals surface area contributed by atoms with Crippen LogP contribution in [0, 0.1) is 3.57 Å². The molecule has 5 rings (SSSR count). The van der Waals surface area contributed by atoms with Crippen molar-refractivity contribution in [2.45, 2.75) is 13.0 Å². The molecule has 3 N–H and O–H groups in total. The Morgan fingerprint density at radius 3 is 2.86 bits per heavy atom. The highest BCUT2D eigenvalue weighted by atomic mass is 127. The number of rotatable bonds is 4. The van der Waals surface area contributed by atoms with Crippen LogP contribution >= 0.6 is 22.6 Å². The van der Waals surface area contributed by atoms with Crippen LogP contribution in [0.4, 0.5) is 5.95 Å². The van der Waals surface area contributed by atoms with Gasteiger partial charge in [0.1, 0.15) is 5.75 Å². The summed E-state index contributed by atoms with van der Waals surface area (Å²) in [5.41, 5.74) is 8.44. The number of halogens is 1. The maximum atomic E-state index is 9.67. The van der Waals surface area contributed by atoms with Gasteiger partial charge in [0.05, 0.1) is 21.4 Å². The zero-order valence-electron chi connectivity index (χ0n) is 14.4. The summed E-state index contributed by atoms with van der Waals surface area (Å²) >= 11 is 2.11. The van der Waals surface area contributed by atoms with Crippen LogP contribution in [-0.4, -0.2) is 34.5 Å². The molecule has 0 saturated heterocycles. The minimum absolute atomic E-state index is 0.230. The van der Waals surface area contributed by atoms with Crippen LogP contribution < -0.4 is 5.73 Å². The number of nitrogens with zero attached hydrogens (tertiary/aromatic N) is 6. The second kappa shape index (κ2) is 6.48. The molecule has 9 nitrogen and oxygen atoms in total. The van der Waals surface area contributed by atoms with Crippen LogP contribution in [-0.2, 0) is 13.0 Å². The molecule has 4 aromatic heterocycles. The topological polar surface area (TPSA) is 120 Å². The van der Waals surface area contributed by atoms with Gasteiger partial charge < -0.3 is 15.3 Å². The number of phenols is 1. The molecule has 0 aliphatic heterocycles. The molecule has 28 heavy (non-hydrogen) atoms. The number of phenolic OH excluding ortho intramolecular Hbond substituents is 1. The molecule has 0 radical (unpaired) electrons. The Bertz CT molecular complexity index is 1310. The Kier molecular flexibility index (Phi) is 3.93. The summed E-state index contributed by atoms with van der Waals surface area (Å²) in [6.45, 7) is 0.617. The minimum Gasteiger partial charge on any atom is -0.507 e. The second-order valence-electron chi connectivity index (χ2n) is 6.26. The highest BCUT2D eigenvalue weighted by molar-refractivity contribution is 14.1. The molecule has 10 heteroatoms. The number of nitrogen functional groups attached to an aromatic ring is 1. The van der Waals surface area contributed by atoms with Crippen molar-refractivity contribution in [3.63, 3.8) is 0 Å². The lowest BCUT2D eigenvalue weighted by atomic mass is 10.1. The quantitative estimate of drug-likeness (QED) is 0.374. The third-order valence-electron chi connectivity index (χ3n) is 4.46. The van der Waals surface area contributed by atoms with Crippen molar-refractivity contribution >= 4 is 45.2 Å². The van der Waals surface area contributed by atoms with E-state index in [0.29, 0.717) is 29.4 Å². The summed E-state index contributed by atoms with van der Waals surface area (Å²) in [7, 11) is 0. The number of hydrogen-bond acceptors (Lipinski definition) is 7. The Labute approximate surface area is 172 Å². The lowest BCUT2D eigenvalue weighted by Gasteiger charge is -2.06. The number of anilines is 1. The fourth-order valence-corrected chi connectivity index (χ4v) is 3.65. The van der Waals surface area contributed by atoms with Gasteiger partial charge in [0.15, 0.2) is 17.1 Å². The lowest BCUT2D eigenvalue weighted by Crippen LogP contribution is -2.07. The van der Waals surface area contributed by atoms with Crippen molar-refractivity contribution in [2.75, 3.05) is 5.73 Å². The molecule has 140 valence electrons. The van der Waals surface area contributed by atoms with Crippen molar-refractivity contribution in [3.8, 4) is 17.3 Å². The Morgan fingerprint density at radius 2 is 2.07 bits per heavy atom. The predicted octanol–water partition coefficient (Wildman–Crippen LogP) is 2.87. The van der Waals surface area contributed by atoms with E-state index in [2.05, 4.69) is 42.8 Å². The molecule has 0 unspecified atom stereocenters. The standard InChI is InChI=1S/C18H14IN7O2/c19-12-8-10(3-4-13(12)27)5-6-25-16-11(9-21-25)17-22-15(14-2-1-7-28-14)24-26(17)18(20)23-16/h1-4,7-9,27H,5-6H2,(H2,20,23). The Morgan fingerprint density at radius 1 is 1.18 bits per heavy atom. The monoisotopic (exact) mass is 487 g/mol. The first kappa shape index (κ1) is 17.0. The highest BCUT2D eigenvalue weighted by Crippen LogP contribution is 2.24. The third-order valence-corrected chi connectivity index (χ3v) is 5.33. The van der Waals surface area contributed by atoms with E-state index in [1.54, 1.807) is 35.3 Å². The Balaban J connectivity index is 1.53. The predicted molar refractivity (Wildman–Crippen MR) is 111 cm³/mol. The van der Waals surface area contributed by atoms with Gasteiger partial charge in [-0.25, -0.2) is 9.67 Å². The first-order chi connectivity index (χ1) is 13.6. The summed E-state index contributed by atoms with van der Waals surface area (Å²) in [6.07, 6.45) is 4.03. The number of fused-ring (bicyclic) bond motifs is 3. The lowest BCUT2D eigenvalue weighted by molar-refractivity contribution is 0.471. The Hall–Kier alpha value is -3.15. The molecule has 5 aromatic rings. The van der Waals surface area contributed by atoms with E-state index in [-0.39, 0.29) is 11.7 Å². The average Bonchev–Trinajstić information content (AvgIpc) is 3.41. The number of furan rings is 1. The smallest absolute Gasteiger partial charge is 0.225 e. The summed E-state index contributed by atoms with van der Waals surface area (Å²) < 4.78 is 9.48. The van der Waals surface area contributed by atoms with E-state index >= 15 is 0 Å². The van der Waals surface area contributed by atoms with E-state index in [4.69, 9.17) is 10.2 Å². The van der Waals surface area contributed by atoms with Gasteiger partial charge in [0.25, 0.3) is 0 Å². The fraction of sp³-hybridized carbons (Fsp3) is 0.111. The molecule has 0 atom stereocenters. The van der Waals surface area contributed by atoms with E-state index in [9.17, 15) is 5.11 Å². The first-order valence-electron chi connectivity index (χ1n) is 8.49. The van der Waals surface area contributed by atoms with Gasteiger partial charge in [-0.2, -0.15) is 14.6 Å². The molecule has 4 heterocycles. The van der Waals surface area contributed by atoms with Gasteiger partial charge in [-0.3, -0.25) is 0 Å². The summed E-state index contributed by atoms with van der Waals surface area (Å²) in [5, 5.41) is 19.3. The van der Waals surface area contributed by atoms with Gasteiger partial charge in [0.2, 0.25) is 11.8 Å². The molecular formula is C18H14IN7O2. The number of benzene rings is 1. The van der Waals surface area contributed by atoms with Gasteiger partial charge in [-0.05, 0) is 58.8 Å². The van der Waals surface area contributed by atoms with E-state index in [0.717, 1.165) is 20.9 Å². The molecule has 0 saturated carbocycles. The normalized spacial score (nSPS) is 11.6. The maximum Gasteiger partial charge on any atom is 0.225 e. The van der Waals surface area contributed by atoms with E-state index < -0.39 is 0 Å². The minimum atomic E-state index is 0.230.